The van der Waals surface area contributed by atoms with Crippen molar-refractivity contribution in [2.45, 2.75) is 39.5 Å². The first-order chi connectivity index (χ1) is 13.2. The summed E-state index contributed by atoms with van der Waals surface area (Å²) in [5, 5.41) is 6.79. The molecule has 27 heavy (non-hydrogen) atoms. The summed E-state index contributed by atoms with van der Waals surface area (Å²) in [6.07, 6.45) is 5.88. The molecule has 0 radical (unpaired) electrons. The second-order valence-corrected chi connectivity index (χ2v) is 7.44. The van der Waals surface area contributed by atoms with Crippen molar-refractivity contribution in [3.05, 3.63) is 40.4 Å². The predicted molar refractivity (Wildman–Crippen MR) is 111 cm³/mol. The highest BCUT2D eigenvalue weighted by Gasteiger charge is 2.11. The van der Waals surface area contributed by atoms with Crippen LogP contribution in [-0.2, 0) is 16.0 Å². The first-order valence-electron chi connectivity index (χ1n) is 9.40. The average Bonchev–Trinajstić information content (AvgIpc) is 3.11. The lowest BCUT2D eigenvalue weighted by Gasteiger charge is -2.29. The van der Waals surface area contributed by atoms with Gasteiger partial charge in [-0.3, -0.25) is 10.2 Å². The molecule has 0 unspecified atom stereocenters. The molecule has 1 fully saturated rings. The quantitative estimate of drug-likeness (QED) is 0.443. The van der Waals surface area contributed by atoms with Crippen LogP contribution in [0, 0.1) is 6.92 Å². The number of thiazole rings is 1. The van der Waals surface area contributed by atoms with Crippen LogP contribution in [0.1, 0.15) is 43.0 Å². The summed E-state index contributed by atoms with van der Waals surface area (Å²) in [6, 6.07) is 6.51. The van der Waals surface area contributed by atoms with Gasteiger partial charge in [-0.05, 0) is 56.4 Å². The maximum Gasteiger partial charge on any atom is 0.311 e. The van der Waals surface area contributed by atoms with Gasteiger partial charge in [-0.2, -0.15) is 5.10 Å². The topological polar surface area (TPSA) is 66.8 Å². The molecule has 1 saturated heterocycles. The number of hydrazone groups is 1. The largest absolute Gasteiger partial charge is 0.466 e. The molecule has 0 atom stereocenters. The lowest BCUT2D eigenvalue weighted by molar-refractivity contribution is -0.142. The number of nitrogens with one attached hydrogen (secondary N) is 1. The summed E-state index contributed by atoms with van der Waals surface area (Å²) in [7, 11) is 0. The van der Waals surface area contributed by atoms with Gasteiger partial charge in [-0.15, -0.1) is 11.3 Å². The highest BCUT2D eigenvalue weighted by molar-refractivity contribution is 7.13. The zero-order valence-electron chi connectivity index (χ0n) is 15.9. The van der Waals surface area contributed by atoms with E-state index < -0.39 is 0 Å². The lowest BCUT2D eigenvalue weighted by Crippen LogP contribution is -2.29. The van der Waals surface area contributed by atoms with Gasteiger partial charge in [-0.1, -0.05) is 6.07 Å². The Morgan fingerprint density at radius 1 is 1.37 bits per heavy atom. The van der Waals surface area contributed by atoms with E-state index >= 15 is 0 Å². The van der Waals surface area contributed by atoms with Crippen LogP contribution in [0.25, 0.3) is 0 Å². The standard InChI is InChI=1S/C20H26N4O2S/c1-3-26-19(25)12-17-14-27-20(22-17)23-21-13-16-7-8-18(11-15(16)2)24-9-5-4-6-10-24/h7-8,11,13-14H,3-6,9-10,12H2,1-2H3,(H,22,23). The number of anilines is 2. The molecule has 1 N–H and O–H groups in total. The molecule has 0 amide bonds. The number of piperidine rings is 1. The molecule has 1 aliphatic rings. The number of esters is 1. The normalized spacial score (nSPS) is 14.5. The number of rotatable bonds is 7. The number of benzene rings is 1. The van der Waals surface area contributed by atoms with Crippen LogP contribution < -0.4 is 10.3 Å². The molecule has 1 aromatic carbocycles. The van der Waals surface area contributed by atoms with Gasteiger partial charge in [0, 0.05) is 24.2 Å². The number of carbonyl (C=O) groups is 1. The first-order valence-corrected chi connectivity index (χ1v) is 10.3. The Kier molecular flexibility index (Phi) is 6.81. The van der Waals surface area contributed by atoms with Crippen molar-refractivity contribution in [1.82, 2.24) is 4.98 Å². The second kappa shape index (κ2) is 9.50. The predicted octanol–water partition coefficient (Wildman–Crippen LogP) is 3.99. The van der Waals surface area contributed by atoms with E-state index in [1.54, 1.807) is 6.92 Å². The average molecular weight is 387 g/mol. The maximum absolute atomic E-state index is 11.5. The Morgan fingerprint density at radius 2 is 2.19 bits per heavy atom. The summed E-state index contributed by atoms with van der Waals surface area (Å²) in [6.45, 7) is 6.57. The van der Waals surface area contributed by atoms with Gasteiger partial charge in [0.1, 0.15) is 0 Å². The van der Waals surface area contributed by atoms with Gasteiger partial charge < -0.3 is 9.64 Å². The molecule has 144 valence electrons. The van der Waals surface area contributed by atoms with Crippen LogP contribution >= 0.6 is 11.3 Å². The van der Waals surface area contributed by atoms with E-state index in [2.05, 4.69) is 45.5 Å². The van der Waals surface area contributed by atoms with Crippen LogP contribution in [0.3, 0.4) is 0 Å². The minimum Gasteiger partial charge on any atom is -0.466 e. The van der Waals surface area contributed by atoms with Crippen LogP contribution in [0.5, 0.6) is 0 Å². The molecule has 2 heterocycles. The van der Waals surface area contributed by atoms with E-state index in [1.165, 1.54) is 41.9 Å². The highest BCUT2D eigenvalue weighted by atomic mass is 32.1. The minimum atomic E-state index is -0.262. The fraction of sp³-hybridized carbons (Fsp3) is 0.450. The number of ether oxygens (including phenoxy) is 1. The molecule has 0 saturated carbocycles. The molecular weight excluding hydrogens is 360 g/mol. The van der Waals surface area contributed by atoms with Gasteiger partial charge in [0.25, 0.3) is 0 Å². The van der Waals surface area contributed by atoms with E-state index in [0.29, 0.717) is 17.4 Å². The number of nitrogens with zero attached hydrogens (tertiary/aromatic N) is 3. The van der Waals surface area contributed by atoms with Gasteiger partial charge in [0.05, 0.1) is 24.9 Å². The molecule has 3 rings (SSSR count). The summed E-state index contributed by atoms with van der Waals surface area (Å²) >= 11 is 1.42. The van der Waals surface area contributed by atoms with Crippen molar-refractivity contribution in [3.63, 3.8) is 0 Å². The molecule has 1 aliphatic heterocycles. The van der Waals surface area contributed by atoms with Crippen LogP contribution in [0.2, 0.25) is 0 Å². The second-order valence-electron chi connectivity index (χ2n) is 6.58. The number of hydrogen-bond acceptors (Lipinski definition) is 7. The molecule has 6 nitrogen and oxygen atoms in total. The Hall–Kier alpha value is -2.41. The summed E-state index contributed by atoms with van der Waals surface area (Å²) in [5.41, 5.74) is 7.20. The van der Waals surface area contributed by atoms with Crippen molar-refractivity contribution in [2.75, 3.05) is 30.0 Å². The van der Waals surface area contributed by atoms with E-state index in [-0.39, 0.29) is 12.4 Å². The van der Waals surface area contributed by atoms with Crippen LogP contribution in [-0.4, -0.2) is 36.9 Å². The van der Waals surface area contributed by atoms with Crippen LogP contribution in [0.4, 0.5) is 10.8 Å². The molecule has 0 spiro atoms. The highest BCUT2D eigenvalue weighted by Crippen LogP contribution is 2.22. The Labute approximate surface area is 164 Å². The van der Waals surface area contributed by atoms with Gasteiger partial charge in [0.15, 0.2) is 0 Å². The van der Waals surface area contributed by atoms with Gasteiger partial charge in [-0.25, -0.2) is 4.98 Å². The van der Waals surface area contributed by atoms with E-state index in [9.17, 15) is 4.79 Å². The first kappa shape index (κ1) is 19.4. The van der Waals surface area contributed by atoms with Crippen molar-refractivity contribution in [2.24, 2.45) is 5.10 Å². The molecule has 7 heteroatoms. The number of carbonyl (C=O) groups excluding carboxylic acids is 1. The minimum absolute atomic E-state index is 0.187. The van der Waals surface area contributed by atoms with E-state index in [1.807, 2.05) is 11.6 Å². The fourth-order valence-corrected chi connectivity index (χ4v) is 3.77. The van der Waals surface area contributed by atoms with Gasteiger partial charge in [0.2, 0.25) is 5.13 Å². The SMILES string of the molecule is CCOC(=O)Cc1csc(NN=Cc2ccc(N3CCCCC3)cc2C)n1. The molecular formula is C20H26N4O2S. The zero-order chi connectivity index (χ0) is 19.1. The van der Waals surface area contributed by atoms with Crippen molar-refractivity contribution in [1.29, 1.82) is 0 Å². The number of hydrogen-bond donors (Lipinski definition) is 1. The van der Waals surface area contributed by atoms with Crippen molar-refractivity contribution in [3.8, 4) is 0 Å². The lowest BCUT2D eigenvalue weighted by atomic mass is 10.1. The summed E-state index contributed by atoms with van der Waals surface area (Å²) < 4.78 is 4.93. The number of aromatic nitrogens is 1. The fourth-order valence-electron chi connectivity index (χ4n) is 3.11. The third kappa shape index (κ3) is 5.53. The molecule has 1 aromatic heterocycles. The molecule has 0 bridgehead atoms. The Morgan fingerprint density at radius 3 is 2.93 bits per heavy atom. The van der Waals surface area contributed by atoms with Crippen molar-refractivity contribution >= 4 is 34.3 Å². The van der Waals surface area contributed by atoms with E-state index in [4.69, 9.17) is 4.74 Å². The monoisotopic (exact) mass is 386 g/mol. The Bertz CT molecular complexity index is 797. The van der Waals surface area contributed by atoms with Crippen molar-refractivity contribution < 1.29 is 9.53 Å². The Balaban J connectivity index is 1.56. The molecule has 2 aromatic rings. The number of aryl methyl sites for hydroxylation is 1. The maximum atomic E-state index is 11.5. The summed E-state index contributed by atoms with van der Waals surface area (Å²) in [5.74, 6) is -0.262. The van der Waals surface area contributed by atoms with Gasteiger partial charge >= 0.3 is 5.97 Å². The third-order valence-electron chi connectivity index (χ3n) is 4.52. The third-order valence-corrected chi connectivity index (χ3v) is 5.32. The smallest absolute Gasteiger partial charge is 0.311 e. The van der Waals surface area contributed by atoms with E-state index in [0.717, 1.165) is 18.7 Å². The molecule has 0 aliphatic carbocycles. The zero-order valence-corrected chi connectivity index (χ0v) is 16.7. The summed E-state index contributed by atoms with van der Waals surface area (Å²) in [4.78, 5) is 18.3. The van der Waals surface area contributed by atoms with Crippen LogP contribution in [0.15, 0.2) is 28.7 Å².